The van der Waals surface area contributed by atoms with Crippen LogP contribution in [0.15, 0.2) is 0 Å². The van der Waals surface area contributed by atoms with Crippen molar-refractivity contribution in [3.8, 4) is 0 Å². The monoisotopic (exact) mass is 134 g/mol. The molecule has 0 amide bonds. The molecule has 1 aliphatic heterocycles. The van der Waals surface area contributed by atoms with Crippen LogP contribution >= 0.6 is 11.6 Å². The Bertz CT molecular complexity index is 113. The Balaban J connectivity index is 2.51. The molecule has 0 N–H and O–H groups in total. The van der Waals surface area contributed by atoms with Crippen molar-refractivity contribution in [3.63, 3.8) is 0 Å². The molecule has 0 spiro atoms. The predicted octanol–water partition coefficient (Wildman–Crippen LogP) is 1.13. The number of halogens is 1. The van der Waals surface area contributed by atoms with E-state index in [4.69, 9.17) is 11.6 Å². The quantitative estimate of drug-likeness (QED) is 0.367. The van der Waals surface area contributed by atoms with E-state index < -0.39 is 0 Å². The average Bonchev–Trinajstić information content (AvgIpc) is 1.85. The minimum absolute atomic E-state index is 0.00231. The molecule has 8 heavy (non-hydrogen) atoms. The largest absolute Gasteiger partial charge is 0.446 e. The molecule has 0 aromatic heterocycles. The zero-order valence-corrected chi connectivity index (χ0v) is 5.31. The lowest BCUT2D eigenvalue weighted by atomic mass is 10.1. The highest BCUT2D eigenvalue weighted by atomic mass is 35.5. The van der Waals surface area contributed by atoms with Crippen molar-refractivity contribution in [1.82, 2.24) is 0 Å². The van der Waals surface area contributed by atoms with Gasteiger partial charge in [-0.25, -0.2) is 0 Å². The van der Waals surface area contributed by atoms with Crippen LogP contribution in [0.25, 0.3) is 0 Å². The molecule has 1 aliphatic rings. The summed E-state index contributed by atoms with van der Waals surface area (Å²) < 4.78 is 4.60. The van der Waals surface area contributed by atoms with Crippen LogP contribution in [-0.4, -0.2) is 11.5 Å². The van der Waals surface area contributed by atoms with E-state index in [2.05, 4.69) is 4.74 Å². The van der Waals surface area contributed by atoms with Gasteiger partial charge in [-0.05, 0) is 0 Å². The SMILES string of the molecule is CC1CC(Cl)OC1=O. The Morgan fingerprint density at radius 1 is 1.88 bits per heavy atom. The fourth-order valence-electron chi connectivity index (χ4n) is 0.664. The number of hydrogen-bond acceptors (Lipinski definition) is 2. The number of ether oxygens (including phenoxy) is 1. The van der Waals surface area contributed by atoms with Crippen LogP contribution in [0.3, 0.4) is 0 Å². The van der Waals surface area contributed by atoms with Gasteiger partial charge >= 0.3 is 5.97 Å². The number of hydrogen-bond donors (Lipinski definition) is 0. The van der Waals surface area contributed by atoms with Crippen LogP contribution in [0, 0.1) is 5.92 Å². The maximum Gasteiger partial charge on any atom is 0.310 e. The Hall–Kier alpha value is -0.240. The molecule has 2 atom stereocenters. The first-order chi connectivity index (χ1) is 3.70. The van der Waals surface area contributed by atoms with Gasteiger partial charge in [0.1, 0.15) is 0 Å². The van der Waals surface area contributed by atoms with Crippen LogP contribution < -0.4 is 0 Å². The summed E-state index contributed by atoms with van der Waals surface area (Å²) in [6, 6.07) is 0. The van der Waals surface area contributed by atoms with Crippen molar-refractivity contribution in [2.45, 2.75) is 18.9 Å². The minimum Gasteiger partial charge on any atom is -0.446 e. The topological polar surface area (TPSA) is 26.3 Å². The van der Waals surface area contributed by atoms with Crippen LogP contribution in [0.1, 0.15) is 13.3 Å². The first kappa shape index (κ1) is 5.89. The van der Waals surface area contributed by atoms with Gasteiger partial charge in [-0.2, -0.15) is 0 Å². The van der Waals surface area contributed by atoms with E-state index in [1.807, 2.05) is 6.92 Å². The van der Waals surface area contributed by atoms with Gasteiger partial charge in [0.05, 0.1) is 5.92 Å². The third-order valence-corrected chi connectivity index (χ3v) is 1.45. The highest BCUT2D eigenvalue weighted by Gasteiger charge is 2.28. The fourth-order valence-corrected chi connectivity index (χ4v) is 1.02. The first-order valence-corrected chi connectivity index (χ1v) is 2.98. The molecule has 0 aromatic rings. The molecule has 0 aromatic carbocycles. The van der Waals surface area contributed by atoms with Crippen molar-refractivity contribution < 1.29 is 9.53 Å². The molecule has 0 aliphatic carbocycles. The second-order valence-corrected chi connectivity index (χ2v) is 2.47. The van der Waals surface area contributed by atoms with Gasteiger partial charge in [0, 0.05) is 6.42 Å². The molecule has 1 saturated heterocycles. The maximum absolute atomic E-state index is 10.5. The van der Waals surface area contributed by atoms with Crippen molar-refractivity contribution in [1.29, 1.82) is 0 Å². The molecule has 1 heterocycles. The highest BCUT2D eigenvalue weighted by Crippen LogP contribution is 2.22. The van der Waals surface area contributed by atoms with Gasteiger partial charge in [0.2, 0.25) is 0 Å². The summed E-state index contributed by atoms with van der Waals surface area (Å²) in [5.74, 6) is -0.178. The van der Waals surface area contributed by atoms with E-state index in [0.717, 1.165) is 0 Å². The molecule has 0 bridgehead atoms. The van der Waals surface area contributed by atoms with Crippen molar-refractivity contribution >= 4 is 17.6 Å². The van der Waals surface area contributed by atoms with Crippen molar-refractivity contribution in [3.05, 3.63) is 0 Å². The molecule has 2 nitrogen and oxygen atoms in total. The Morgan fingerprint density at radius 3 is 2.62 bits per heavy atom. The summed E-state index contributed by atoms with van der Waals surface area (Å²) >= 11 is 5.46. The first-order valence-electron chi connectivity index (χ1n) is 2.54. The second-order valence-electron chi connectivity index (χ2n) is 1.98. The van der Waals surface area contributed by atoms with E-state index in [1.54, 1.807) is 0 Å². The summed E-state index contributed by atoms with van der Waals surface area (Å²) in [6.07, 6.45) is 0.653. The Kier molecular flexibility index (Phi) is 1.43. The van der Waals surface area contributed by atoms with Gasteiger partial charge < -0.3 is 4.74 Å². The van der Waals surface area contributed by atoms with Crippen LogP contribution in [0.2, 0.25) is 0 Å². The maximum atomic E-state index is 10.5. The zero-order chi connectivity index (χ0) is 6.15. The zero-order valence-electron chi connectivity index (χ0n) is 4.56. The number of alkyl halides is 1. The second kappa shape index (κ2) is 1.94. The number of rotatable bonds is 0. The standard InChI is InChI=1S/C5H7ClO2/c1-3-2-4(6)8-5(3)7/h3-4H,2H2,1H3. The summed E-state index contributed by atoms with van der Waals surface area (Å²) in [6.45, 7) is 1.81. The third-order valence-electron chi connectivity index (χ3n) is 1.19. The summed E-state index contributed by atoms with van der Waals surface area (Å²) in [4.78, 5) is 10.5. The van der Waals surface area contributed by atoms with Crippen LogP contribution in [0.5, 0.6) is 0 Å². The Labute approximate surface area is 52.8 Å². The molecule has 3 heteroatoms. The smallest absolute Gasteiger partial charge is 0.310 e. The number of carbonyl (C=O) groups is 1. The Morgan fingerprint density at radius 2 is 2.50 bits per heavy atom. The van der Waals surface area contributed by atoms with Gasteiger partial charge in [-0.1, -0.05) is 18.5 Å². The molecular weight excluding hydrogens is 128 g/mol. The lowest BCUT2D eigenvalue weighted by Gasteiger charge is -1.92. The van der Waals surface area contributed by atoms with Gasteiger partial charge in [0.25, 0.3) is 0 Å². The molecule has 1 fully saturated rings. The number of carbonyl (C=O) groups excluding carboxylic acids is 1. The summed E-state index contributed by atoms with van der Waals surface area (Å²) in [7, 11) is 0. The minimum atomic E-state index is -0.377. The van der Waals surface area contributed by atoms with Crippen LogP contribution in [-0.2, 0) is 9.53 Å². The molecule has 0 saturated carbocycles. The van der Waals surface area contributed by atoms with E-state index in [-0.39, 0.29) is 17.5 Å². The van der Waals surface area contributed by atoms with Crippen molar-refractivity contribution in [2.75, 3.05) is 0 Å². The average molecular weight is 135 g/mol. The molecular formula is C5H7ClO2. The summed E-state index contributed by atoms with van der Waals surface area (Å²) in [5.41, 5.74) is -0.377. The lowest BCUT2D eigenvalue weighted by molar-refractivity contribution is -0.141. The lowest BCUT2D eigenvalue weighted by Crippen LogP contribution is -2.01. The predicted molar refractivity (Wildman–Crippen MR) is 29.5 cm³/mol. The molecule has 2 unspecified atom stereocenters. The molecule has 0 radical (unpaired) electrons. The number of cyclic esters (lactones) is 1. The van der Waals surface area contributed by atoms with Gasteiger partial charge in [0.15, 0.2) is 5.56 Å². The van der Waals surface area contributed by atoms with E-state index in [9.17, 15) is 4.79 Å². The normalized spacial score (nSPS) is 37.5. The molecule has 46 valence electrons. The van der Waals surface area contributed by atoms with E-state index >= 15 is 0 Å². The van der Waals surface area contributed by atoms with Gasteiger partial charge in [-0.3, -0.25) is 4.79 Å². The van der Waals surface area contributed by atoms with Crippen molar-refractivity contribution in [2.24, 2.45) is 5.92 Å². The third kappa shape index (κ3) is 0.944. The fraction of sp³-hybridized carbons (Fsp3) is 0.800. The van der Waals surface area contributed by atoms with E-state index in [1.165, 1.54) is 0 Å². The number of esters is 1. The highest BCUT2D eigenvalue weighted by molar-refractivity contribution is 6.20. The van der Waals surface area contributed by atoms with Crippen LogP contribution in [0.4, 0.5) is 0 Å². The van der Waals surface area contributed by atoms with Gasteiger partial charge in [-0.15, -0.1) is 0 Å². The molecule has 1 rings (SSSR count). The summed E-state index contributed by atoms with van der Waals surface area (Å²) in [5, 5.41) is 0. The van der Waals surface area contributed by atoms with E-state index in [0.29, 0.717) is 6.42 Å².